The van der Waals surface area contributed by atoms with Gasteiger partial charge in [-0.05, 0) is 19.0 Å². The van der Waals surface area contributed by atoms with Gasteiger partial charge in [0.25, 0.3) is 0 Å². The maximum absolute atomic E-state index is 5.37. The van der Waals surface area contributed by atoms with Gasteiger partial charge in [0.2, 0.25) is 11.7 Å². The molecule has 2 aromatic heterocycles. The van der Waals surface area contributed by atoms with Crippen LogP contribution in [-0.2, 0) is 6.42 Å². The molecular formula is C9H11N3O2. The number of rotatable bonds is 4. The van der Waals surface area contributed by atoms with E-state index in [0.717, 1.165) is 18.4 Å². The van der Waals surface area contributed by atoms with Crippen molar-refractivity contribution in [2.45, 2.75) is 12.8 Å². The standard InChI is InChI=1S/C9H11N3O2/c10-4-1-2-8-11-9(12-14-8)7-3-5-13-6-7/h3,5-6H,1-2,4,10H2. The molecule has 0 bridgehead atoms. The monoisotopic (exact) mass is 193 g/mol. The van der Waals surface area contributed by atoms with Gasteiger partial charge in [-0.3, -0.25) is 0 Å². The van der Waals surface area contributed by atoms with Crippen LogP contribution in [0.15, 0.2) is 27.5 Å². The number of nitrogens with two attached hydrogens (primary N) is 1. The average molecular weight is 193 g/mol. The third-order valence-corrected chi connectivity index (χ3v) is 1.84. The summed E-state index contributed by atoms with van der Waals surface area (Å²) in [6, 6.07) is 1.79. The normalized spacial score (nSPS) is 10.6. The number of aromatic nitrogens is 2. The van der Waals surface area contributed by atoms with Crippen LogP contribution >= 0.6 is 0 Å². The minimum Gasteiger partial charge on any atom is -0.472 e. The number of hydrogen-bond acceptors (Lipinski definition) is 5. The fourth-order valence-electron chi connectivity index (χ4n) is 1.12. The minimum atomic E-state index is 0.561. The van der Waals surface area contributed by atoms with E-state index in [1.165, 1.54) is 0 Å². The van der Waals surface area contributed by atoms with Crippen LogP contribution in [-0.4, -0.2) is 16.7 Å². The van der Waals surface area contributed by atoms with E-state index in [0.29, 0.717) is 18.3 Å². The zero-order valence-corrected chi connectivity index (χ0v) is 7.64. The first-order valence-corrected chi connectivity index (χ1v) is 4.45. The molecule has 0 spiro atoms. The summed E-state index contributed by atoms with van der Waals surface area (Å²) in [4.78, 5) is 4.20. The van der Waals surface area contributed by atoms with E-state index in [9.17, 15) is 0 Å². The highest BCUT2D eigenvalue weighted by molar-refractivity contribution is 5.51. The summed E-state index contributed by atoms with van der Waals surface area (Å²) in [5, 5.41) is 3.82. The van der Waals surface area contributed by atoms with Gasteiger partial charge in [-0.1, -0.05) is 5.16 Å². The number of furan rings is 1. The van der Waals surface area contributed by atoms with Crippen molar-refractivity contribution in [3.05, 3.63) is 24.5 Å². The summed E-state index contributed by atoms with van der Waals surface area (Å²) in [6.45, 7) is 0.628. The Hall–Kier alpha value is -1.62. The second-order valence-corrected chi connectivity index (χ2v) is 2.92. The van der Waals surface area contributed by atoms with Gasteiger partial charge >= 0.3 is 0 Å². The van der Waals surface area contributed by atoms with Gasteiger partial charge < -0.3 is 14.7 Å². The Kier molecular flexibility index (Phi) is 2.60. The average Bonchev–Trinajstić information content (AvgIpc) is 2.85. The molecule has 2 rings (SSSR count). The summed E-state index contributed by atoms with van der Waals surface area (Å²) in [5.41, 5.74) is 6.20. The maximum atomic E-state index is 5.37. The molecule has 74 valence electrons. The van der Waals surface area contributed by atoms with Gasteiger partial charge in [0.1, 0.15) is 6.26 Å². The van der Waals surface area contributed by atoms with Crippen LogP contribution in [0.1, 0.15) is 12.3 Å². The van der Waals surface area contributed by atoms with Crippen LogP contribution < -0.4 is 5.73 Å². The molecule has 0 saturated heterocycles. The predicted octanol–water partition coefficient (Wildman–Crippen LogP) is 1.22. The lowest BCUT2D eigenvalue weighted by Gasteiger charge is -1.88. The maximum Gasteiger partial charge on any atom is 0.227 e. The molecule has 0 aliphatic carbocycles. The molecule has 0 radical (unpaired) electrons. The van der Waals surface area contributed by atoms with Crippen LogP contribution in [0.25, 0.3) is 11.4 Å². The molecule has 0 unspecified atom stereocenters. The first-order chi connectivity index (χ1) is 6.90. The van der Waals surface area contributed by atoms with Crippen molar-refractivity contribution in [1.82, 2.24) is 10.1 Å². The minimum absolute atomic E-state index is 0.561. The highest BCUT2D eigenvalue weighted by Crippen LogP contribution is 2.15. The number of aryl methyl sites for hydroxylation is 1. The van der Waals surface area contributed by atoms with Crippen molar-refractivity contribution < 1.29 is 8.94 Å². The molecule has 0 aromatic carbocycles. The highest BCUT2D eigenvalue weighted by atomic mass is 16.5. The third-order valence-electron chi connectivity index (χ3n) is 1.84. The van der Waals surface area contributed by atoms with Gasteiger partial charge in [-0.15, -0.1) is 0 Å². The zero-order valence-electron chi connectivity index (χ0n) is 7.64. The predicted molar refractivity (Wildman–Crippen MR) is 49.4 cm³/mol. The van der Waals surface area contributed by atoms with E-state index in [4.69, 9.17) is 14.7 Å². The van der Waals surface area contributed by atoms with Crippen LogP contribution in [0.5, 0.6) is 0 Å². The molecular weight excluding hydrogens is 182 g/mol. The SMILES string of the molecule is NCCCc1nc(-c2ccoc2)no1. The van der Waals surface area contributed by atoms with Crippen LogP contribution in [0.2, 0.25) is 0 Å². The van der Waals surface area contributed by atoms with Crippen molar-refractivity contribution in [2.75, 3.05) is 6.54 Å². The quantitative estimate of drug-likeness (QED) is 0.789. The molecule has 0 saturated carbocycles. The lowest BCUT2D eigenvalue weighted by molar-refractivity contribution is 0.376. The molecule has 14 heavy (non-hydrogen) atoms. The van der Waals surface area contributed by atoms with Crippen molar-refractivity contribution in [1.29, 1.82) is 0 Å². The smallest absolute Gasteiger partial charge is 0.227 e. The van der Waals surface area contributed by atoms with Crippen molar-refractivity contribution in [3.63, 3.8) is 0 Å². The first kappa shape index (κ1) is 8.96. The van der Waals surface area contributed by atoms with Crippen LogP contribution in [0, 0.1) is 0 Å². The van der Waals surface area contributed by atoms with Gasteiger partial charge in [0.15, 0.2) is 0 Å². The molecule has 0 amide bonds. The molecule has 0 fully saturated rings. The fraction of sp³-hybridized carbons (Fsp3) is 0.333. The molecule has 5 heteroatoms. The van der Waals surface area contributed by atoms with Gasteiger partial charge in [-0.25, -0.2) is 0 Å². The van der Waals surface area contributed by atoms with Gasteiger partial charge in [0, 0.05) is 6.42 Å². The van der Waals surface area contributed by atoms with Crippen molar-refractivity contribution in [3.8, 4) is 11.4 Å². The third kappa shape index (κ3) is 1.82. The Labute approximate surface area is 80.9 Å². The molecule has 5 nitrogen and oxygen atoms in total. The lowest BCUT2D eigenvalue weighted by atomic mass is 10.3. The van der Waals surface area contributed by atoms with E-state index in [1.807, 2.05) is 0 Å². The van der Waals surface area contributed by atoms with Gasteiger partial charge in [0.05, 0.1) is 11.8 Å². The van der Waals surface area contributed by atoms with Crippen LogP contribution in [0.4, 0.5) is 0 Å². The van der Waals surface area contributed by atoms with Crippen molar-refractivity contribution in [2.24, 2.45) is 5.73 Å². The molecule has 2 N–H and O–H groups in total. The van der Waals surface area contributed by atoms with Gasteiger partial charge in [-0.2, -0.15) is 4.98 Å². The summed E-state index contributed by atoms with van der Waals surface area (Å²) in [6.07, 6.45) is 4.73. The fourth-order valence-corrected chi connectivity index (χ4v) is 1.12. The summed E-state index contributed by atoms with van der Waals surface area (Å²) < 4.78 is 9.95. The summed E-state index contributed by atoms with van der Waals surface area (Å²) >= 11 is 0. The Morgan fingerprint density at radius 1 is 1.43 bits per heavy atom. The van der Waals surface area contributed by atoms with E-state index in [1.54, 1.807) is 18.6 Å². The van der Waals surface area contributed by atoms with Crippen LogP contribution in [0.3, 0.4) is 0 Å². The van der Waals surface area contributed by atoms with Crippen molar-refractivity contribution >= 4 is 0 Å². The molecule has 2 heterocycles. The first-order valence-electron chi connectivity index (χ1n) is 4.45. The number of hydrogen-bond donors (Lipinski definition) is 1. The van der Waals surface area contributed by atoms with E-state index >= 15 is 0 Å². The Balaban J connectivity index is 2.10. The molecule has 0 aliphatic rings. The molecule has 2 aromatic rings. The largest absolute Gasteiger partial charge is 0.472 e. The van der Waals surface area contributed by atoms with E-state index < -0.39 is 0 Å². The molecule has 0 aliphatic heterocycles. The topological polar surface area (TPSA) is 78.1 Å². The van der Waals surface area contributed by atoms with E-state index in [2.05, 4.69) is 10.1 Å². The Morgan fingerprint density at radius 2 is 2.36 bits per heavy atom. The lowest BCUT2D eigenvalue weighted by Crippen LogP contribution is -2.00. The second-order valence-electron chi connectivity index (χ2n) is 2.92. The second kappa shape index (κ2) is 4.06. The zero-order chi connectivity index (χ0) is 9.80. The summed E-state index contributed by atoms with van der Waals surface area (Å²) in [7, 11) is 0. The Bertz CT molecular complexity index is 380. The summed E-state index contributed by atoms with van der Waals surface area (Å²) in [5.74, 6) is 1.18. The number of nitrogens with zero attached hydrogens (tertiary/aromatic N) is 2. The Morgan fingerprint density at radius 3 is 3.07 bits per heavy atom. The van der Waals surface area contributed by atoms with E-state index in [-0.39, 0.29) is 0 Å². The highest BCUT2D eigenvalue weighted by Gasteiger charge is 2.08. The molecule has 0 atom stereocenters.